The van der Waals surface area contributed by atoms with Gasteiger partial charge in [0.1, 0.15) is 11.6 Å². The summed E-state index contributed by atoms with van der Waals surface area (Å²) in [6.07, 6.45) is 2.14. The Morgan fingerprint density at radius 3 is 2.55 bits per heavy atom. The standard InChI is InChI=1S/C21H25N3O5/c1-27-18-5-2-16(3-6-18)8-9-22-20(25)15-29-21(26)17-4-7-19(23-14-17)24-10-12-28-13-11-24/h2-7,14H,8-13,15H2,1H3,(H,22,25). The highest BCUT2D eigenvalue weighted by Crippen LogP contribution is 2.14. The number of hydrogen-bond acceptors (Lipinski definition) is 7. The van der Waals surface area contributed by atoms with Crippen molar-refractivity contribution in [3.05, 3.63) is 53.7 Å². The molecule has 154 valence electrons. The van der Waals surface area contributed by atoms with Crippen LogP contribution < -0.4 is 15.0 Å². The number of esters is 1. The van der Waals surface area contributed by atoms with Gasteiger partial charge in [-0.3, -0.25) is 4.79 Å². The lowest BCUT2D eigenvalue weighted by molar-refractivity contribution is -0.124. The predicted molar refractivity (Wildman–Crippen MR) is 107 cm³/mol. The fourth-order valence-corrected chi connectivity index (χ4v) is 2.89. The minimum absolute atomic E-state index is 0.313. The molecule has 1 aromatic heterocycles. The second-order valence-electron chi connectivity index (χ2n) is 6.53. The van der Waals surface area contributed by atoms with E-state index >= 15 is 0 Å². The van der Waals surface area contributed by atoms with E-state index in [1.807, 2.05) is 24.3 Å². The summed E-state index contributed by atoms with van der Waals surface area (Å²) in [6.45, 7) is 3.00. The number of nitrogens with zero attached hydrogens (tertiary/aromatic N) is 2. The predicted octanol–water partition coefficient (Wildman–Crippen LogP) is 1.44. The lowest BCUT2D eigenvalue weighted by atomic mass is 10.1. The third-order valence-electron chi connectivity index (χ3n) is 4.55. The number of nitrogens with one attached hydrogen (secondary N) is 1. The van der Waals surface area contributed by atoms with Gasteiger partial charge in [-0.2, -0.15) is 0 Å². The molecule has 3 rings (SSSR count). The molecular formula is C21H25N3O5. The van der Waals surface area contributed by atoms with E-state index in [0.29, 0.717) is 31.7 Å². The van der Waals surface area contributed by atoms with Crippen LogP contribution in [-0.2, 0) is 20.7 Å². The third-order valence-corrected chi connectivity index (χ3v) is 4.55. The number of hydrogen-bond donors (Lipinski definition) is 1. The van der Waals surface area contributed by atoms with Crippen molar-refractivity contribution < 1.29 is 23.8 Å². The van der Waals surface area contributed by atoms with Crippen molar-refractivity contribution in [1.29, 1.82) is 0 Å². The summed E-state index contributed by atoms with van der Waals surface area (Å²) in [5.74, 6) is 0.666. The van der Waals surface area contributed by atoms with Gasteiger partial charge in [-0.05, 0) is 36.2 Å². The Labute approximate surface area is 169 Å². The van der Waals surface area contributed by atoms with E-state index in [-0.39, 0.29) is 12.5 Å². The number of aromatic nitrogens is 1. The van der Waals surface area contributed by atoms with Crippen LogP contribution >= 0.6 is 0 Å². The number of methoxy groups -OCH3 is 1. The first-order valence-corrected chi connectivity index (χ1v) is 9.51. The van der Waals surface area contributed by atoms with Crippen LogP contribution in [0.5, 0.6) is 5.75 Å². The molecule has 1 aliphatic heterocycles. The lowest BCUT2D eigenvalue weighted by Crippen LogP contribution is -2.36. The summed E-state index contributed by atoms with van der Waals surface area (Å²) in [5.41, 5.74) is 1.39. The first kappa shape index (κ1) is 20.6. The van der Waals surface area contributed by atoms with Gasteiger partial charge in [-0.15, -0.1) is 0 Å². The Kier molecular flexibility index (Phi) is 7.40. The van der Waals surface area contributed by atoms with E-state index in [9.17, 15) is 9.59 Å². The number of amides is 1. The molecule has 8 heteroatoms. The number of pyridine rings is 1. The number of benzene rings is 1. The van der Waals surface area contributed by atoms with Crippen LogP contribution in [0.25, 0.3) is 0 Å². The zero-order valence-corrected chi connectivity index (χ0v) is 16.4. The minimum Gasteiger partial charge on any atom is -0.497 e. The van der Waals surface area contributed by atoms with Crippen molar-refractivity contribution in [2.24, 2.45) is 0 Å². The highest BCUT2D eigenvalue weighted by Gasteiger charge is 2.14. The highest BCUT2D eigenvalue weighted by atomic mass is 16.5. The van der Waals surface area contributed by atoms with Gasteiger partial charge in [0.05, 0.1) is 25.9 Å². The summed E-state index contributed by atoms with van der Waals surface area (Å²) in [7, 11) is 1.62. The van der Waals surface area contributed by atoms with Gasteiger partial charge >= 0.3 is 5.97 Å². The normalized spacial score (nSPS) is 13.6. The van der Waals surface area contributed by atoms with Crippen LogP contribution in [-0.4, -0.2) is 63.4 Å². The van der Waals surface area contributed by atoms with Crippen molar-refractivity contribution in [2.75, 3.05) is 51.5 Å². The maximum Gasteiger partial charge on any atom is 0.340 e. The zero-order chi connectivity index (χ0) is 20.5. The molecule has 0 bridgehead atoms. The van der Waals surface area contributed by atoms with Gasteiger partial charge in [-0.25, -0.2) is 9.78 Å². The average molecular weight is 399 g/mol. The molecule has 0 aliphatic carbocycles. The Hall–Kier alpha value is -3.13. The number of anilines is 1. The van der Waals surface area contributed by atoms with E-state index in [2.05, 4.69) is 15.2 Å². The molecule has 29 heavy (non-hydrogen) atoms. The maximum atomic E-state index is 12.1. The molecular weight excluding hydrogens is 374 g/mol. The largest absolute Gasteiger partial charge is 0.497 e. The summed E-state index contributed by atoms with van der Waals surface area (Å²) in [4.78, 5) is 30.4. The first-order valence-electron chi connectivity index (χ1n) is 9.51. The van der Waals surface area contributed by atoms with Crippen molar-refractivity contribution in [3.8, 4) is 5.75 Å². The summed E-state index contributed by atoms with van der Waals surface area (Å²) in [5, 5.41) is 2.74. The Balaban J connectivity index is 1.38. The fourth-order valence-electron chi connectivity index (χ4n) is 2.89. The van der Waals surface area contributed by atoms with Gasteiger partial charge in [-0.1, -0.05) is 12.1 Å². The molecule has 1 fully saturated rings. The second-order valence-corrected chi connectivity index (χ2v) is 6.53. The molecule has 0 unspecified atom stereocenters. The van der Waals surface area contributed by atoms with E-state index in [1.165, 1.54) is 6.20 Å². The van der Waals surface area contributed by atoms with Crippen LogP contribution in [0.15, 0.2) is 42.6 Å². The Morgan fingerprint density at radius 1 is 1.14 bits per heavy atom. The van der Waals surface area contributed by atoms with E-state index < -0.39 is 5.97 Å². The molecule has 2 heterocycles. The highest BCUT2D eigenvalue weighted by molar-refractivity contribution is 5.91. The van der Waals surface area contributed by atoms with Crippen molar-refractivity contribution in [3.63, 3.8) is 0 Å². The van der Waals surface area contributed by atoms with Crippen molar-refractivity contribution in [1.82, 2.24) is 10.3 Å². The monoisotopic (exact) mass is 399 g/mol. The molecule has 0 spiro atoms. The molecule has 0 saturated carbocycles. The minimum atomic E-state index is -0.573. The van der Waals surface area contributed by atoms with Gasteiger partial charge in [0.2, 0.25) is 0 Å². The van der Waals surface area contributed by atoms with Gasteiger partial charge in [0, 0.05) is 25.8 Å². The molecule has 1 saturated heterocycles. The molecule has 0 radical (unpaired) electrons. The molecule has 2 aromatic rings. The fraction of sp³-hybridized carbons (Fsp3) is 0.381. The maximum absolute atomic E-state index is 12.1. The van der Waals surface area contributed by atoms with Crippen molar-refractivity contribution >= 4 is 17.7 Å². The SMILES string of the molecule is COc1ccc(CCNC(=O)COC(=O)c2ccc(N3CCOCC3)nc2)cc1. The third kappa shape index (κ3) is 6.18. The second kappa shape index (κ2) is 10.4. The summed E-state index contributed by atoms with van der Waals surface area (Å²) < 4.78 is 15.5. The molecule has 1 aliphatic rings. The van der Waals surface area contributed by atoms with Crippen LogP contribution in [0.3, 0.4) is 0 Å². The molecule has 1 N–H and O–H groups in total. The van der Waals surface area contributed by atoms with Crippen LogP contribution in [0.1, 0.15) is 15.9 Å². The smallest absolute Gasteiger partial charge is 0.340 e. The molecule has 1 amide bonds. The average Bonchev–Trinajstić information content (AvgIpc) is 2.78. The Bertz CT molecular complexity index is 802. The Morgan fingerprint density at radius 2 is 1.90 bits per heavy atom. The van der Waals surface area contributed by atoms with Crippen LogP contribution in [0.2, 0.25) is 0 Å². The van der Waals surface area contributed by atoms with E-state index in [4.69, 9.17) is 14.2 Å². The van der Waals surface area contributed by atoms with E-state index in [0.717, 1.165) is 30.2 Å². The van der Waals surface area contributed by atoms with Gasteiger partial charge in [0.15, 0.2) is 6.61 Å². The van der Waals surface area contributed by atoms with E-state index in [1.54, 1.807) is 19.2 Å². The zero-order valence-electron chi connectivity index (χ0n) is 16.4. The molecule has 0 atom stereocenters. The summed E-state index contributed by atoms with van der Waals surface area (Å²) >= 11 is 0. The molecule has 1 aromatic carbocycles. The van der Waals surface area contributed by atoms with Crippen LogP contribution in [0, 0.1) is 0 Å². The van der Waals surface area contributed by atoms with Gasteiger partial charge < -0.3 is 24.4 Å². The molecule has 8 nitrogen and oxygen atoms in total. The first-order chi connectivity index (χ1) is 14.2. The van der Waals surface area contributed by atoms with Crippen molar-refractivity contribution in [2.45, 2.75) is 6.42 Å². The number of carbonyl (C=O) groups excluding carboxylic acids is 2. The number of rotatable bonds is 8. The van der Waals surface area contributed by atoms with Gasteiger partial charge in [0.25, 0.3) is 5.91 Å². The van der Waals surface area contributed by atoms with Crippen LogP contribution in [0.4, 0.5) is 5.82 Å². The topological polar surface area (TPSA) is 90.0 Å². The number of ether oxygens (including phenoxy) is 3. The number of carbonyl (C=O) groups is 2. The lowest BCUT2D eigenvalue weighted by Gasteiger charge is -2.27. The summed E-state index contributed by atoms with van der Waals surface area (Å²) in [6, 6.07) is 11.1. The quantitative estimate of drug-likeness (QED) is 0.672. The number of morpholine rings is 1.